The molecule has 0 heterocycles. The average molecular weight is 179 g/mol. The molecule has 0 unspecified atom stereocenters. The maximum atomic E-state index is 10.4. The molecule has 0 saturated carbocycles. The predicted octanol–water partition coefficient (Wildman–Crippen LogP) is 2.21. The summed E-state index contributed by atoms with van der Waals surface area (Å²) in [4.78, 5) is 9.95. The predicted molar refractivity (Wildman–Crippen MR) is 49.1 cm³/mol. The maximum absolute atomic E-state index is 10.4. The third kappa shape index (κ3) is 2.59. The lowest BCUT2D eigenvalue weighted by Crippen LogP contribution is -1.87. The molecule has 0 spiro atoms. The van der Waals surface area contributed by atoms with E-state index >= 15 is 0 Å². The Morgan fingerprint density at radius 1 is 1.54 bits per heavy atom. The summed E-state index contributed by atoms with van der Waals surface area (Å²) >= 11 is 0. The van der Waals surface area contributed by atoms with E-state index in [9.17, 15) is 10.1 Å². The van der Waals surface area contributed by atoms with Crippen molar-refractivity contribution in [2.45, 2.75) is 0 Å². The van der Waals surface area contributed by atoms with Crippen molar-refractivity contribution in [2.24, 2.45) is 0 Å². The summed E-state index contributed by atoms with van der Waals surface area (Å²) in [5.74, 6) is 0. The molecule has 0 N–H and O–H groups in total. The van der Waals surface area contributed by atoms with Crippen LogP contribution in [0.4, 0.5) is 5.69 Å². The normalized spacial score (nSPS) is 10.2. The molecule has 1 aromatic rings. The molecule has 1 aromatic carbocycles. The molecule has 0 saturated heterocycles. The van der Waals surface area contributed by atoms with E-state index in [0.29, 0.717) is 0 Å². The second kappa shape index (κ2) is 4.25. The van der Waals surface area contributed by atoms with Crippen LogP contribution in [0.1, 0.15) is 5.56 Å². The highest BCUT2D eigenvalue weighted by molar-refractivity contribution is 5.52. The van der Waals surface area contributed by atoms with Gasteiger partial charge in [0.2, 0.25) is 0 Å². The standard InChI is InChI=1S/C9H9NO3/c1-13-6-5-8-3-2-4-9(7-8)10(11)12/h2-7H,1H3. The second-order valence-electron chi connectivity index (χ2n) is 2.39. The minimum absolute atomic E-state index is 0.0817. The molecule has 4 heteroatoms. The fraction of sp³-hybridized carbons (Fsp3) is 0.111. The molecule has 0 aromatic heterocycles. The summed E-state index contributed by atoms with van der Waals surface area (Å²) in [5.41, 5.74) is 0.828. The molecule has 1 rings (SSSR count). The number of rotatable bonds is 3. The Balaban J connectivity index is 2.92. The molecular formula is C9H9NO3. The highest BCUT2D eigenvalue weighted by Crippen LogP contribution is 2.13. The molecule has 68 valence electrons. The first-order chi connectivity index (χ1) is 6.24. The summed E-state index contributed by atoms with van der Waals surface area (Å²) in [6.45, 7) is 0. The first kappa shape index (κ1) is 9.25. The van der Waals surface area contributed by atoms with Crippen molar-refractivity contribution < 1.29 is 9.66 Å². The number of methoxy groups -OCH3 is 1. The third-order valence-corrected chi connectivity index (χ3v) is 1.48. The summed E-state index contributed by atoms with van der Waals surface area (Å²) in [6, 6.07) is 6.33. The van der Waals surface area contributed by atoms with Crippen LogP contribution in [-0.4, -0.2) is 12.0 Å². The fourth-order valence-electron chi connectivity index (χ4n) is 0.889. The van der Waals surface area contributed by atoms with Gasteiger partial charge in [-0.3, -0.25) is 10.1 Å². The lowest BCUT2D eigenvalue weighted by atomic mass is 10.2. The Hall–Kier alpha value is -1.84. The van der Waals surface area contributed by atoms with Crippen molar-refractivity contribution in [1.82, 2.24) is 0 Å². The quantitative estimate of drug-likeness (QED) is 0.406. The Labute approximate surface area is 75.6 Å². The van der Waals surface area contributed by atoms with Crippen molar-refractivity contribution in [3.8, 4) is 0 Å². The zero-order chi connectivity index (χ0) is 9.68. The van der Waals surface area contributed by atoms with Gasteiger partial charge >= 0.3 is 0 Å². The molecular weight excluding hydrogens is 170 g/mol. The van der Waals surface area contributed by atoms with Gasteiger partial charge < -0.3 is 4.74 Å². The summed E-state index contributed by atoms with van der Waals surface area (Å²) in [7, 11) is 1.52. The van der Waals surface area contributed by atoms with Gasteiger partial charge in [-0.25, -0.2) is 0 Å². The van der Waals surface area contributed by atoms with E-state index in [2.05, 4.69) is 0 Å². The van der Waals surface area contributed by atoms with E-state index in [-0.39, 0.29) is 5.69 Å². The molecule has 0 bridgehead atoms. The zero-order valence-electron chi connectivity index (χ0n) is 7.14. The van der Waals surface area contributed by atoms with Crippen LogP contribution in [0.5, 0.6) is 0 Å². The van der Waals surface area contributed by atoms with Gasteiger partial charge in [0.1, 0.15) is 0 Å². The summed E-state index contributed by atoms with van der Waals surface area (Å²) < 4.78 is 4.70. The van der Waals surface area contributed by atoms with Crippen molar-refractivity contribution in [2.75, 3.05) is 7.11 Å². The van der Waals surface area contributed by atoms with Gasteiger partial charge in [-0.05, 0) is 11.6 Å². The molecule has 0 amide bonds. The van der Waals surface area contributed by atoms with Gasteiger partial charge in [0, 0.05) is 12.1 Å². The number of nitro benzene ring substituents is 1. The number of ether oxygens (including phenoxy) is 1. The number of benzene rings is 1. The van der Waals surface area contributed by atoms with E-state index in [1.807, 2.05) is 0 Å². The second-order valence-corrected chi connectivity index (χ2v) is 2.39. The van der Waals surface area contributed by atoms with E-state index in [1.54, 1.807) is 18.2 Å². The molecule has 0 fully saturated rings. The maximum Gasteiger partial charge on any atom is 0.270 e. The first-order valence-electron chi connectivity index (χ1n) is 3.68. The highest BCUT2D eigenvalue weighted by Gasteiger charge is 2.03. The lowest BCUT2D eigenvalue weighted by molar-refractivity contribution is -0.384. The zero-order valence-corrected chi connectivity index (χ0v) is 7.14. The average Bonchev–Trinajstić information content (AvgIpc) is 2.15. The molecule has 13 heavy (non-hydrogen) atoms. The van der Waals surface area contributed by atoms with E-state index in [0.717, 1.165) is 5.56 Å². The lowest BCUT2D eigenvalue weighted by Gasteiger charge is -1.93. The largest absolute Gasteiger partial charge is 0.504 e. The van der Waals surface area contributed by atoms with Gasteiger partial charge in [-0.15, -0.1) is 0 Å². The highest BCUT2D eigenvalue weighted by atomic mass is 16.6. The van der Waals surface area contributed by atoms with Crippen LogP contribution in [0.25, 0.3) is 6.08 Å². The topological polar surface area (TPSA) is 52.4 Å². The van der Waals surface area contributed by atoms with Gasteiger partial charge in [-0.1, -0.05) is 12.1 Å². The van der Waals surface area contributed by atoms with E-state index in [1.165, 1.54) is 25.5 Å². The van der Waals surface area contributed by atoms with Crippen LogP contribution < -0.4 is 0 Å². The van der Waals surface area contributed by atoms with Crippen molar-refractivity contribution >= 4 is 11.8 Å². The Morgan fingerprint density at radius 3 is 2.92 bits per heavy atom. The smallest absolute Gasteiger partial charge is 0.270 e. The van der Waals surface area contributed by atoms with Gasteiger partial charge in [0.15, 0.2) is 0 Å². The number of nitro groups is 1. The monoisotopic (exact) mass is 179 g/mol. The Kier molecular flexibility index (Phi) is 3.03. The molecule has 0 aliphatic rings. The van der Waals surface area contributed by atoms with Crippen LogP contribution in [-0.2, 0) is 4.74 Å². The third-order valence-electron chi connectivity index (χ3n) is 1.48. The van der Waals surface area contributed by atoms with Crippen molar-refractivity contribution in [3.63, 3.8) is 0 Å². The van der Waals surface area contributed by atoms with Gasteiger partial charge in [-0.2, -0.15) is 0 Å². The van der Waals surface area contributed by atoms with Crippen LogP contribution in [0.3, 0.4) is 0 Å². The van der Waals surface area contributed by atoms with Crippen LogP contribution >= 0.6 is 0 Å². The fourth-order valence-corrected chi connectivity index (χ4v) is 0.889. The molecule has 4 nitrogen and oxygen atoms in total. The van der Waals surface area contributed by atoms with Crippen LogP contribution in [0.2, 0.25) is 0 Å². The molecule has 0 atom stereocenters. The van der Waals surface area contributed by atoms with Gasteiger partial charge in [0.05, 0.1) is 18.3 Å². The number of hydrogen-bond donors (Lipinski definition) is 0. The van der Waals surface area contributed by atoms with Crippen molar-refractivity contribution in [1.29, 1.82) is 0 Å². The Bertz CT molecular complexity index is 333. The molecule has 0 aliphatic carbocycles. The van der Waals surface area contributed by atoms with Crippen molar-refractivity contribution in [3.05, 3.63) is 46.2 Å². The summed E-state index contributed by atoms with van der Waals surface area (Å²) in [5, 5.41) is 10.4. The number of nitrogens with zero attached hydrogens (tertiary/aromatic N) is 1. The minimum Gasteiger partial charge on any atom is -0.504 e. The summed E-state index contributed by atoms with van der Waals surface area (Å²) in [6.07, 6.45) is 3.13. The minimum atomic E-state index is -0.426. The molecule has 0 aliphatic heterocycles. The number of non-ortho nitro benzene ring substituents is 1. The van der Waals surface area contributed by atoms with Crippen LogP contribution in [0.15, 0.2) is 30.5 Å². The van der Waals surface area contributed by atoms with E-state index < -0.39 is 4.92 Å². The number of hydrogen-bond acceptors (Lipinski definition) is 3. The Morgan fingerprint density at radius 2 is 2.31 bits per heavy atom. The van der Waals surface area contributed by atoms with Crippen LogP contribution in [0, 0.1) is 10.1 Å². The van der Waals surface area contributed by atoms with Gasteiger partial charge in [0.25, 0.3) is 5.69 Å². The molecule has 0 radical (unpaired) electrons. The SMILES string of the molecule is COC=Cc1cccc([N+](=O)[O-])c1. The first-order valence-corrected chi connectivity index (χ1v) is 3.68. The van der Waals surface area contributed by atoms with E-state index in [4.69, 9.17) is 4.74 Å².